The summed E-state index contributed by atoms with van der Waals surface area (Å²) in [7, 11) is 1.66. The maximum atomic E-state index is 12.0. The number of hydrogen-bond acceptors (Lipinski definition) is 3. The fourth-order valence-electron chi connectivity index (χ4n) is 3.01. The minimum absolute atomic E-state index is 0.00470. The van der Waals surface area contributed by atoms with Crippen molar-refractivity contribution in [2.75, 3.05) is 12.4 Å². The van der Waals surface area contributed by atoms with Crippen LogP contribution in [0.5, 0.6) is 11.5 Å². The van der Waals surface area contributed by atoms with Crippen molar-refractivity contribution >= 4 is 11.6 Å². The number of rotatable bonds is 5. The summed E-state index contributed by atoms with van der Waals surface area (Å²) in [5.41, 5.74) is 3.81. The van der Waals surface area contributed by atoms with Crippen molar-refractivity contribution in [1.82, 2.24) is 0 Å². The second-order valence-electron chi connectivity index (χ2n) is 6.41. The van der Waals surface area contributed by atoms with Gasteiger partial charge in [0, 0.05) is 23.6 Å². The Balaban J connectivity index is 2.09. The second-order valence-corrected chi connectivity index (χ2v) is 6.41. The van der Waals surface area contributed by atoms with Gasteiger partial charge in [-0.2, -0.15) is 0 Å². The van der Waals surface area contributed by atoms with Gasteiger partial charge in [-0.25, -0.2) is 0 Å². The van der Waals surface area contributed by atoms with Crippen LogP contribution in [0.1, 0.15) is 31.9 Å². The monoisotopic (exact) mass is 337 g/mol. The number of carbonyl (C=O) groups excluding carboxylic acids is 1. The number of methoxy groups -OCH3 is 1. The highest BCUT2D eigenvalue weighted by atomic mass is 16.5. The molecule has 1 heterocycles. The molecule has 4 heteroatoms. The lowest BCUT2D eigenvalue weighted by atomic mass is 9.90. The summed E-state index contributed by atoms with van der Waals surface area (Å²) >= 11 is 0. The van der Waals surface area contributed by atoms with E-state index in [9.17, 15) is 4.79 Å². The Kier molecular flexibility index (Phi) is 4.79. The van der Waals surface area contributed by atoms with Gasteiger partial charge in [-0.1, -0.05) is 32.1 Å². The van der Waals surface area contributed by atoms with Gasteiger partial charge >= 0.3 is 0 Å². The van der Waals surface area contributed by atoms with Crippen LogP contribution in [0.2, 0.25) is 0 Å². The fraction of sp³-hybridized carbons (Fsp3) is 0.286. The van der Waals surface area contributed by atoms with E-state index < -0.39 is 0 Å². The van der Waals surface area contributed by atoms with Crippen LogP contribution in [-0.2, 0) is 4.79 Å². The van der Waals surface area contributed by atoms with Crippen molar-refractivity contribution in [2.24, 2.45) is 5.92 Å². The molecule has 0 fully saturated rings. The quantitative estimate of drug-likeness (QED) is 0.784. The van der Waals surface area contributed by atoms with E-state index in [0.717, 1.165) is 33.9 Å². The van der Waals surface area contributed by atoms with E-state index in [1.807, 2.05) is 56.3 Å². The van der Waals surface area contributed by atoms with Gasteiger partial charge in [0.1, 0.15) is 17.6 Å². The largest absolute Gasteiger partial charge is 0.496 e. The minimum atomic E-state index is -0.136. The average Bonchev–Trinajstić information content (AvgIpc) is 2.61. The van der Waals surface area contributed by atoms with E-state index in [-0.39, 0.29) is 17.9 Å². The maximum absolute atomic E-state index is 12.0. The number of benzene rings is 2. The van der Waals surface area contributed by atoms with E-state index in [1.165, 1.54) is 0 Å². The first-order chi connectivity index (χ1) is 12.0. The number of carbonyl (C=O) groups is 1. The summed E-state index contributed by atoms with van der Waals surface area (Å²) in [4.78, 5) is 12.0. The van der Waals surface area contributed by atoms with Gasteiger partial charge in [0.25, 0.3) is 0 Å². The Morgan fingerprint density at radius 1 is 1.36 bits per heavy atom. The molecule has 1 aliphatic heterocycles. The summed E-state index contributed by atoms with van der Waals surface area (Å²) in [6.45, 7) is 7.58. The Hall–Kier alpha value is -2.75. The molecule has 2 aromatic carbocycles. The lowest BCUT2D eigenvalue weighted by molar-refractivity contribution is -0.118. The highest BCUT2D eigenvalue weighted by Crippen LogP contribution is 2.48. The summed E-state index contributed by atoms with van der Waals surface area (Å²) in [6, 6.07) is 11.7. The average molecular weight is 337 g/mol. The number of fused-ring (bicyclic) bond motifs is 3. The Labute approximate surface area is 148 Å². The van der Waals surface area contributed by atoms with Crippen LogP contribution in [0.15, 0.2) is 49.1 Å². The predicted octanol–water partition coefficient (Wildman–Crippen LogP) is 4.97. The van der Waals surface area contributed by atoms with E-state index >= 15 is 0 Å². The van der Waals surface area contributed by atoms with Gasteiger partial charge < -0.3 is 14.8 Å². The number of nitrogens with one attached hydrogen (secondary N) is 1. The van der Waals surface area contributed by atoms with Crippen LogP contribution < -0.4 is 14.8 Å². The first-order valence-corrected chi connectivity index (χ1v) is 8.45. The number of amides is 1. The van der Waals surface area contributed by atoms with Crippen LogP contribution in [0.25, 0.3) is 11.1 Å². The van der Waals surface area contributed by atoms with Crippen molar-refractivity contribution in [3.05, 3.63) is 54.6 Å². The lowest BCUT2D eigenvalue weighted by Crippen LogP contribution is -2.19. The van der Waals surface area contributed by atoms with E-state index in [2.05, 4.69) is 11.9 Å². The number of hydrogen-bond donors (Lipinski definition) is 1. The van der Waals surface area contributed by atoms with Crippen molar-refractivity contribution in [3.63, 3.8) is 0 Å². The van der Waals surface area contributed by atoms with Crippen LogP contribution in [0.3, 0.4) is 0 Å². The zero-order valence-corrected chi connectivity index (χ0v) is 14.8. The zero-order chi connectivity index (χ0) is 18.0. The van der Waals surface area contributed by atoms with Crippen LogP contribution in [0.4, 0.5) is 5.69 Å². The summed E-state index contributed by atoms with van der Waals surface area (Å²) in [6.07, 6.45) is 2.40. The molecule has 0 radical (unpaired) electrons. The highest BCUT2D eigenvalue weighted by Gasteiger charge is 2.28. The normalized spacial score (nSPS) is 15.0. The third-order valence-corrected chi connectivity index (χ3v) is 4.32. The molecule has 0 spiro atoms. The summed E-state index contributed by atoms with van der Waals surface area (Å²) in [5.74, 6) is 1.50. The molecule has 0 aliphatic carbocycles. The molecule has 130 valence electrons. The third-order valence-electron chi connectivity index (χ3n) is 4.32. The first kappa shape index (κ1) is 17.1. The molecule has 1 amide bonds. The predicted molar refractivity (Wildman–Crippen MR) is 100 cm³/mol. The molecular weight excluding hydrogens is 314 g/mol. The number of ether oxygens (including phenoxy) is 2. The molecule has 0 aromatic heterocycles. The molecule has 1 atom stereocenters. The van der Waals surface area contributed by atoms with Crippen molar-refractivity contribution in [1.29, 1.82) is 0 Å². The van der Waals surface area contributed by atoms with Crippen molar-refractivity contribution in [3.8, 4) is 22.6 Å². The summed E-state index contributed by atoms with van der Waals surface area (Å²) < 4.78 is 11.7. The van der Waals surface area contributed by atoms with Gasteiger partial charge in [-0.05, 0) is 29.8 Å². The molecule has 2 aromatic rings. The maximum Gasteiger partial charge on any atom is 0.226 e. The van der Waals surface area contributed by atoms with E-state index in [4.69, 9.17) is 9.47 Å². The molecule has 4 nitrogen and oxygen atoms in total. The molecule has 0 bridgehead atoms. The van der Waals surface area contributed by atoms with Gasteiger partial charge in [-0.15, -0.1) is 6.58 Å². The molecular formula is C21H23NO3. The minimum Gasteiger partial charge on any atom is -0.496 e. The van der Waals surface area contributed by atoms with E-state index in [0.29, 0.717) is 6.42 Å². The second kappa shape index (κ2) is 7.01. The van der Waals surface area contributed by atoms with Crippen LogP contribution in [0, 0.1) is 5.92 Å². The highest BCUT2D eigenvalue weighted by molar-refractivity contribution is 5.93. The van der Waals surface area contributed by atoms with Gasteiger partial charge in [0.2, 0.25) is 5.91 Å². The Morgan fingerprint density at radius 3 is 2.84 bits per heavy atom. The zero-order valence-electron chi connectivity index (χ0n) is 14.8. The Bertz CT molecular complexity index is 811. The molecule has 1 aliphatic rings. The SMILES string of the molecule is C=CCC1Oc2cccc(OC)c2-c2ccc(NC(=O)C(C)C)cc21. The Morgan fingerprint density at radius 2 is 2.16 bits per heavy atom. The fourth-order valence-corrected chi connectivity index (χ4v) is 3.01. The third kappa shape index (κ3) is 3.25. The first-order valence-electron chi connectivity index (χ1n) is 8.45. The summed E-state index contributed by atoms with van der Waals surface area (Å²) in [5, 5.41) is 2.96. The molecule has 25 heavy (non-hydrogen) atoms. The molecule has 3 rings (SSSR count). The lowest BCUT2D eigenvalue weighted by Gasteiger charge is -2.29. The van der Waals surface area contributed by atoms with Crippen molar-refractivity contribution < 1.29 is 14.3 Å². The van der Waals surface area contributed by atoms with E-state index in [1.54, 1.807) is 7.11 Å². The van der Waals surface area contributed by atoms with Gasteiger partial charge in [0.15, 0.2) is 0 Å². The van der Waals surface area contributed by atoms with Crippen LogP contribution >= 0.6 is 0 Å². The standard InChI is InChI=1S/C21H23NO3/c1-5-7-17-16-12-14(22-21(23)13(2)3)10-11-15(16)20-18(24-4)8-6-9-19(20)25-17/h5-6,8-13,17H,1,7H2,2-4H3,(H,22,23). The van der Waals surface area contributed by atoms with Crippen LogP contribution in [-0.4, -0.2) is 13.0 Å². The van der Waals surface area contributed by atoms with Crippen molar-refractivity contribution in [2.45, 2.75) is 26.4 Å². The topological polar surface area (TPSA) is 47.6 Å². The molecule has 1 unspecified atom stereocenters. The number of anilines is 1. The molecule has 0 saturated carbocycles. The smallest absolute Gasteiger partial charge is 0.226 e. The molecule has 1 N–H and O–H groups in total. The molecule has 0 saturated heterocycles. The van der Waals surface area contributed by atoms with Gasteiger partial charge in [0.05, 0.1) is 12.7 Å². The van der Waals surface area contributed by atoms with Gasteiger partial charge in [-0.3, -0.25) is 4.79 Å².